The molecule has 368 valence electrons. The van der Waals surface area contributed by atoms with E-state index in [0.29, 0.717) is 91.7 Å². The average Bonchev–Trinajstić information content (AvgIpc) is 3.30. The number of aromatic nitrogens is 6. The number of nitrogens with one attached hydrogen (secondary N) is 1. The van der Waals surface area contributed by atoms with E-state index in [2.05, 4.69) is 49.3 Å². The Morgan fingerprint density at radius 1 is 0.687 bits per heavy atom. The van der Waals surface area contributed by atoms with E-state index in [9.17, 15) is 9.59 Å². The first-order valence-corrected chi connectivity index (χ1v) is 22.9. The fraction of sp³-hybridized carbons (Fsp3) is 0.524. The zero-order valence-corrected chi connectivity index (χ0v) is 41.6. The number of methoxy groups -OCH3 is 2. The number of piperidine rings is 2. The molecule has 2 aliphatic rings. The molecule has 0 aliphatic carbocycles. The van der Waals surface area contributed by atoms with E-state index >= 15 is 0 Å². The molecule has 0 atom stereocenters. The van der Waals surface area contributed by atoms with E-state index < -0.39 is 0 Å². The third kappa shape index (κ3) is 17.7. The van der Waals surface area contributed by atoms with Crippen LogP contribution < -0.4 is 30.0 Å². The first-order valence-electron chi connectivity index (χ1n) is 21.1. The maximum absolute atomic E-state index is 12.1. The van der Waals surface area contributed by atoms with Crippen LogP contribution in [0.15, 0.2) is 47.0 Å². The van der Waals surface area contributed by atoms with Crippen molar-refractivity contribution in [3.8, 4) is 23.3 Å². The van der Waals surface area contributed by atoms with E-state index in [-0.39, 0.29) is 41.8 Å². The fourth-order valence-electron chi connectivity index (χ4n) is 6.07. The molecule has 6 heterocycles. The SMILES string of the molecule is COOSc1ccc(N)c(C)n1.COOSc1ccc(Nc2ncnc(OC3CCN(C(=O)OC(C)C)CC3)c2OC)c(C)n1.COc1c(Cl)ncnc1OC1CCN(C(=O)OC(C)C)CC1. The van der Waals surface area contributed by atoms with Crippen molar-refractivity contribution in [1.82, 2.24) is 39.7 Å². The molecule has 25 heteroatoms. The number of ether oxygens (including phenoxy) is 6. The smallest absolute Gasteiger partial charge is 0.410 e. The van der Waals surface area contributed by atoms with Crippen molar-refractivity contribution in [1.29, 1.82) is 0 Å². The van der Waals surface area contributed by atoms with Crippen LogP contribution in [-0.4, -0.2) is 131 Å². The van der Waals surface area contributed by atoms with Crippen LogP contribution in [0.5, 0.6) is 23.3 Å². The molecule has 2 fully saturated rings. The molecule has 0 spiro atoms. The van der Waals surface area contributed by atoms with E-state index in [0.717, 1.165) is 46.2 Å². The van der Waals surface area contributed by atoms with Crippen LogP contribution in [0, 0.1) is 13.8 Å². The van der Waals surface area contributed by atoms with Gasteiger partial charge in [-0.25, -0.2) is 39.3 Å². The van der Waals surface area contributed by atoms with Crippen LogP contribution in [0.4, 0.5) is 26.8 Å². The number of amides is 2. The third-order valence-electron chi connectivity index (χ3n) is 9.33. The minimum Gasteiger partial charge on any atom is -0.489 e. The number of nitrogen functional groups attached to an aromatic ring is 1. The number of nitrogens with two attached hydrogens (primary N) is 1. The van der Waals surface area contributed by atoms with Crippen molar-refractivity contribution >= 4 is 65.1 Å². The highest BCUT2D eigenvalue weighted by molar-refractivity contribution is 7.94. The Balaban J connectivity index is 0.000000246. The van der Waals surface area contributed by atoms with Crippen molar-refractivity contribution in [3.05, 3.63) is 53.5 Å². The topological polar surface area (TPSA) is 248 Å². The number of hydrogen-bond acceptors (Lipinski definition) is 22. The number of likely N-dealkylation sites (tertiary alicyclic amines) is 2. The highest BCUT2D eigenvalue weighted by Crippen LogP contribution is 2.36. The molecule has 2 amide bonds. The van der Waals surface area contributed by atoms with E-state index in [1.165, 1.54) is 41.1 Å². The second kappa shape index (κ2) is 28.1. The van der Waals surface area contributed by atoms with Crippen molar-refractivity contribution in [2.75, 3.05) is 65.7 Å². The summed E-state index contributed by atoms with van der Waals surface area (Å²) in [7, 11) is 5.90. The molecule has 0 bridgehead atoms. The number of nitrogens with zero attached hydrogens (tertiary/aromatic N) is 8. The summed E-state index contributed by atoms with van der Waals surface area (Å²) in [5, 5.41) is 4.82. The minimum absolute atomic E-state index is 0.0528. The number of aryl methyl sites for hydroxylation is 2. The number of hydrogen-bond donors (Lipinski definition) is 2. The lowest BCUT2D eigenvalue weighted by atomic mass is 10.1. The van der Waals surface area contributed by atoms with Crippen LogP contribution in [-0.2, 0) is 27.9 Å². The van der Waals surface area contributed by atoms with Gasteiger partial charge < -0.3 is 49.3 Å². The molecule has 6 rings (SSSR count). The fourth-order valence-corrected chi connectivity index (χ4v) is 7.14. The molecule has 2 aliphatic heterocycles. The van der Waals surface area contributed by atoms with Gasteiger partial charge in [-0.1, -0.05) is 11.6 Å². The van der Waals surface area contributed by atoms with Gasteiger partial charge in [-0.05, 0) is 65.8 Å². The van der Waals surface area contributed by atoms with Crippen molar-refractivity contribution in [2.24, 2.45) is 0 Å². The number of carbonyl (C=O) groups is 2. The molecule has 22 nitrogen and oxygen atoms in total. The number of carbonyl (C=O) groups excluding carboxylic acids is 2. The number of rotatable bonds is 16. The van der Waals surface area contributed by atoms with Gasteiger partial charge in [0.2, 0.25) is 11.5 Å². The number of halogens is 1. The second-order valence-corrected chi connectivity index (χ2v) is 16.7. The number of pyridine rings is 2. The Hall–Kier alpha value is -5.37. The maximum Gasteiger partial charge on any atom is 0.410 e. The standard InChI is InChI=1S/C21H29N5O6S.C14H20ClN3O4.C7H10N2O2S/c1-13(2)30-21(27)26-10-8-15(9-11-26)31-20-18(28-4)19(22-12-23-20)25-16-6-7-17(24-14(16)3)33-32-29-5;1-9(2)21-14(19)18-6-4-10(5-7-18)22-13-11(20-3)12(15)16-8-17-13;1-5-6(8)3-4-7(9-5)12-11-10-2/h6-7,12-13,15H,8-11H2,1-5H3,(H,22,23,25);8-10H,4-7H2,1-3H3;3-4H,8H2,1-2H3. The third-order valence-corrected chi connectivity index (χ3v) is 10.8. The summed E-state index contributed by atoms with van der Waals surface area (Å²) >= 11 is 8.01. The highest BCUT2D eigenvalue weighted by Gasteiger charge is 2.29. The van der Waals surface area contributed by atoms with Crippen molar-refractivity contribution in [3.63, 3.8) is 0 Å². The quantitative estimate of drug-likeness (QED) is 0.0467. The zero-order chi connectivity index (χ0) is 48.9. The first kappa shape index (κ1) is 54.2. The van der Waals surface area contributed by atoms with Crippen molar-refractivity contribution in [2.45, 2.75) is 102 Å². The molecule has 4 aromatic rings. The average molecular weight is 996 g/mol. The van der Waals surface area contributed by atoms with Gasteiger partial charge in [0.25, 0.3) is 11.8 Å². The Kier molecular flexibility index (Phi) is 22.7. The van der Waals surface area contributed by atoms with Gasteiger partial charge in [0.05, 0.1) is 87.5 Å². The summed E-state index contributed by atoms with van der Waals surface area (Å²) in [4.78, 5) is 61.3. The van der Waals surface area contributed by atoms with Gasteiger partial charge >= 0.3 is 12.2 Å². The Labute approximate surface area is 403 Å². The largest absolute Gasteiger partial charge is 0.489 e. The zero-order valence-electron chi connectivity index (χ0n) is 39.2. The molecule has 0 aromatic carbocycles. The first-order chi connectivity index (χ1) is 32.1. The molecular weight excluding hydrogens is 936 g/mol. The molecule has 4 aromatic heterocycles. The minimum atomic E-state index is -0.295. The summed E-state index contributed by atoms with van der Waals surface area (Å²) in [6.45, 7) is 13.3. The van der Waals surface area contributed by atoms with Crippen LogP contribution >= 0.6 is 35.7 Å². The highest BCUT2D eigenvalue weighted by atomic mass is 35.5. The summed E-state index contributed by atoms with van der Waals surface area (Å²) in [6, 6.07) is 7.20. The predicted molar refractivity (Wildman–Crippen MR) is 249 cm³/mol. The van der Waals surface area contributed by atoms with Crippen LogP contribution in [0.2, 0.25) is 5.15 Å². The normalized spacial score (nSPS) is 14.0. The van der Waals surface area contributed by atoms with Crippen LogP contribution in [0.3, 0.4) is 0 Å². The van der Waals surface area contributed by atoms with Gasteiger partial charge in [0, 0.05) is 51.9 Å². The maximum atomic E-state index is 12.1. The lowest BCUT2D eigenvalue weighted by Crippen LogP contribution is -2.42. The van der Waals surface area contributed by atoms with Gasteiger partial charge in [0.1, 0.15) is 34.9 Å². The summed E-state index contributed by atoms with van der Waals surface area (Å²) in [5.74, 6) is 1.83. The Morgan fingerprint density at radius 2 is 1.15 bits per heavy atom. The molecule has 67 heavy (non-hydrogen) atoms. The van der Waals surface area contributed by atoms with Gasteiger partial charge in [-0.3, -0.25) is 0 Å². The Bertz CT molecular complexity index is 2170. The summed E-state index contributed by atoms with van der Waals surface area (Å²) in [5.41, 5.74) is 8.53. The van der Waals surface area contributed by atoms with E-state index in [4.69, 9.17) is 50.1 Å². The molecule has 2 saturated heterocycles. The van der Waals surface area contributed by atoms with Gasteiger partial charge in [-0.15, -0.1) is 0 Å². The molecule has 0 unspecified atom stereocenters. The monoisotopic (exact) mass is 994 g/mol. The van der Waals surface area contributed by atoms with E-state index in [1.54, 1.807) is 28.0 Å². The molecule has 0 radical (unpaired) electrons. The van der Waals surface area contributed by atoms with E-state index in [1.807, 2.05) is 47.6 Å². The van der Waals surface area contributed by atoms with Crippen LogP contribution in [0.1, 0.15) is 64.8 Å². The summed E-state index contributed by atoms with van der Waals surface area (Å²) in [6.07, 6.45) is 4.45. The molecular formula is C42H59ClN10O12S2. The molecule has 3 N–H and O–H groups in total. The predicted octanol–water partition coefficient (Wildman–Crippen LogP) is 7.99. The number of anilines is 3. The van der Waals surface area contributed by atoms with Gasteiger partial charge in [-0.2, -0.15) is 18.6 Å². The van der Waals surface area contributed by atoms with Gasteiger partial charge in [0.15, 0.2) is 11.0 Å². The van der Waals surface area contributed by atoms with Crippen molar-refractivity contribution < 1.29 is 56.5 Å². The summed E-state index contributed by atoms with van der Waals surface area (Å²) < 4.78 is 42.6. The second-order valence-electron chi connectivity index (χ2n) is 14.9. The molecule has 0 saturated carbocycles. The Morgan fingerprint density at radius 3 is 1.60 bits per heavy atom. The van der Waals surface area contributed by atoms with Crippen LogP contribution in [0.25, 0.3) is 0 Å². The lowest BCUT2D eigenvalue weighted by molar-refractivity contribution is -0.160. The lowest BCUT2D eigenvalue weighted by Gasteiger charge is -2.31.